The smallest absolute Gasteiger partial charge is 0.288 e. The molecule has 1 aliphatic heterocycles. The second-order valence-electron chi connectivity index (χ2n) is 6.55. The lowest BCUT2D eigenvalue weighted by atomic mass is 9.97. The van der Waals surface area contributed by atoms with Gasteiger partial charge in [0.2, 0.25) is 0 Å². The van der Waals surface area contributed by atoms with Crippen LogP contribution in [0.3, 0.4) is 0 Å². The molecule has 3 N–H and O–H groups in total. The number of benzene rings is 2. The van der Waals surface area contributed by atoms with Gasteiger partial charge in [0.25, 0.3) is 5.91 Å². The summed E-state index contributed by atoms with van der Waals surface area (Å²) in [5.41, 5.74) is 3.98. The van der Waals surface area contributed by atoms with Gasteiger partial charge in [-0.1, -0.05) is 48.9 Å². The molecule has 148 valence electrons. The summed E-state index contributed by atoms with van der Waals surface area (Å²) >= 11 is 0. The number of hydroxylamine groups is 1. The molecule has 0 spiro atoms. The van der Waals surface area contributed by atoms with E-state index in [1.54, 1.807) is 29.7 Å². The molecular formula is C20H23N3O4S. The van der Waals surface area contributed by atoms with E-state index in [0.29, 0.717) is 29.9 Å². The normalized spacial score (nSPS) is 15.8. The highest BCUT2D eigenvalue weighted by atomic mass is 32.2. The molecule has 1 aliphatic rings. The number of anilines is 1. The zero-order valence-corrected chi connectivity index (χ0v) is 16.2. The molecule has 1 heterocycles. The molecule has 7 nitrogen and oxygen atoms in total. The van der Waals surface area contributed by atoms with E-state index in [1.807, 2.05) is 30.3 Å². The number of nitrogens with zero attached hydrogens (tertiary/aromatic N) is 1. The number of carbonyl (C=O) groups excluding carboxylic acids is 1. The fourth-order valence-electron chi connectivity index (χ4n) is 3.18. The minimum Gasteiger partial charge on any atom is -0.288 e. The average molecular weight is 401 g/mol. The first-order valence-corrected chi connectivity index (χ1v) is 10.5. The molecule has 0 radical (unpaired) electrons. The van der Waals surface area contributed by atoms with Crippen molar-refractivity contribution < 1.29 is 18.4 Å². The SMILES string of the molecule is O=C(C=C(c1ccccc1)c1cccc(NS(=O)(=O)N2CCCCC2)c1)NO. The summed E-state index contributed by atoms with van der Waals surface area (Å²) in [5.74, 6) is -0.668. The van der Waals surface area contributed by atoms with E-state index in [4.69, 9.17) is 5.21 Å². The molecular weight excluding hydrogens is 378 g/mol. The quantitative estimate of drug-likeness (QED) is 0.394. The molecule has 0 aromatic heterocycles. The number of hydrogen-bond acceptors (Lipinski definition) is 4. The summed E-state index contributed by atoms with van der Waals surface area (Å²) < 4.78 is 29.3. The van der Waals surface area contributed by atoms with Crippen LogP contribution in [0.2, 0.25) is 0 Å². The van der Waals surface area contributed by atoms with Crippen molar-refractivity contribution in [2.45, 2.75) is 19.3 Å². The van der Waals surface area contributed by atoms with Crippen LogP contribution in [0.5, 0.6) is 0 Å². The lowest BCUT2D eigenvalue weighted by Crippen LogP contribution is -2.39. The van der Waals surface area contributed by atoms with E-state index >= 15 is 0 Å². The van der Waals surface area contributed by atoms with Gasteiger partial charge in [-0.3, -0.25) is 14.7 Å². The molecule has 2 aromatic carbocycles. The van der Waals surface area contributed by atoms with Gasteiger partial charge in [-0.2, -0.15) is 12.7 Å². The number of piperidine rings is 1. The lowest BCUT2D eigenvalue weighted by Gasteiger charge is -2.26. The molecule has 0 saturated carbocycles. The Bertz CT molecular complexity index is 952. The minimum atomic E-state index is -3.63. The van der Waals surface area contributed by atoms with Gasteiger partial charge in [-0.15, -0.1) is 0 Å². The van der Waals surface area contributed by atoms with Gasteiger partial charge in [-0.05, 0) is 41.7 Å². The van der Waals surface area contributed by atoms with Gasteiger partial charge in [0.1, 0.15) is 0 Å². The second-order valence-corrected chi connectivity index (χ2v) is 8.22. The first kappa shape index (κ1) is 20.1. The second kappa shape index (κ2) is 9.01. The van der Waals surface area contributed by atoms with Crippen LogP contribution in [-0.4, -0.2) is 36.9 Å². The van der Waals surface area contributed by atoms with Crippen molar-refractivity contribution in [3.05, 3.63) is 71.8 Å². The van der Waals surface area contributed by atoms with Crippen molar-refractivity contribution >= 4 is 27.4 Å². The van der Waals surface area contributed by atoms with Gasteiger partial charge < -0.3 is 0 Å². The zero-order chi connectivity index (χ0) is 20.0. The summed E-state index contributed by atoms with van der Waals surface area (Å²) in [6.45, 7) is 1.03. The molecule has 2 aromatic rings. The maximum atomic E-state index is 12.6. The van der Waals surface area contributed by atoms with E-state index < -0.39 is 16.1 Å². The summed E-state index contributed by atoms with van der Waals surface area (Å²) in [6.07, 6.45) is 4.03. The van der Waals surface area contributed by atoms with E-state index in [2.05, 4.69) is 4.72 Å². The molecule has 1 fully saturated rings. The number of carbonyl (C=O) groups is 1. The summed E-state index contributed by atoms with van der Waals surface area (Å²) in [5, 5.41) is 8.89. The highest BCUT2D eigenvalue weighted by molar-refractivity contribution is 7.90. The van der Waals surface area contributed by atoms with Crippen LogP contribution < -0.4 is 10.2 Å². The predicted molar refractivity (Wildman–Crippen MR) is 108 cm³/mol. The van der Waals surface area contributed by atoms with E-state index in [9.17, 15) is 13.2 Å². The van der Waals surface area contributed by atoms with E-state index in [0.717, 1.165) is 24.8 Å². The number of amides is 1. The molecule has 8 heteroatoms. The Balaban J connectivity index is 1.92. The highest BCUT2D eigenvalue weighted by Gasteiger charge is 2.23. The first-order chi connectivity index (χ1) is 13.5. The van der Waals surface area contributed by atoms with Crippen molar-refractivity contribution in [1.29, 1.82) is 0 Å². The largest absolute Gasteiger partial charge is 0.301 e. The Labute approximate surface area is 164 Å². The molecule has 1 amide bonds. The zero-order valence-electron chi connectivity index (χ0n) is 15.3. The summed E-state index contributed by atoms with van der Waals surface area (Å²) in [7, 11) is -3.63. The fraction of sp³-hybridized carbons (Fsp3) is 0.250. The number of rotatable bonds is 6. The Morgan fingerprint density at radius 2 is 1.64 bits per heavy atom. The van der Waals surface area contributed by atoms with Gasteiger partial charge >= 0.3 is 10.2 Å². The molecule has 0 atom stereocenters. The molecule has 0 bridgehead atoms. The maximum Gasteiger partial charge on any atom is 0.301 e. The van der Waals surface area contributed by atoms with Gasteiger partial charge in [0.15, 0.2) is 0 Å². The third-order valence-electron chi connectivity index (χ3n) is 4.55. The highest BCUT2D eigenvalue weighted by Crippen LogP contribution is 2.26. The lowest BCUT2D eigenvalue weighted by molar-refractivity contribution is -0.124. The van der Waals surface area contributed by atoms with Crippen LogP contribution in [0.25, 0.3) is 5.57 Å². The van der Waals surface area contributed by atoms with Crippen molar-refractivity contribution in [1.82, 2.24) is 9.79 Å². The topological polar surface area (TPSA) is 98.7 Å². The van der Waals surface area contributed by atoms with Crippen LogP contribution in [0.15, 0.2) is 60.7 Å². The minimum absolute atomic E-state index is 0.411. The van der Waals surface area contributed by atoms with Crippen LogP contribution in [-0.2, 0) is 15.0 Å². The first-order valence-electron chi connectivity index (χ1n) is 9.09. The van der Waals surface area contributed by atoms with Crippen molar-refractivity contribution in [3.63, 3.8) is 0 Å². The van der Waals surface area contributed by atoms with Crippen molar-refractivity contribution in [2.75, 3.05) is 17.8 Å². The number of hydrogen-bond donors (Lipinski definition) is 3. The molecule has 28 heavy (non-hydrogen) atoms. The third-order valence-corrected chi connectivity index (χ3v) is 6.08. The maximum absolute atomic E-state index is 12.6. The van der Waals surface area contributed by atoms with E-state index in [1.165, 1.54) is 10.4 Å². The Hall–Kier alpha value is -2.68. The summed E-state index contributed by atoms with van der Waals surface area (Å²) in [4.78, 5) is 11.7. The fourth-order valence-corrected chi connectivity index (χ4v) is 4.48. The summed E-state index contributed by atoms with van der Waals surface area (Å²) in [6, 6.07) is 16.0. The third kappa shape index (κ3) is 4.98. The van der Waals surface area contributed by atoms with Gasteiger partial charge in [0, 0.05) is 19.2 Å². The van der Waals surface area contributed by atoms with Crippen molar-refractivity contribution in [3.8, 4) is 0 Å². The monoisotopic (exact) mass is 401 g/mol. The molecule has 1 saturated heterocycles. The standard InChI is InChI=1S/C20H23N3O4S/c24-20(21-25)15-19(16-8-3-1-4-9-16)17-10-7-11-18(14-17)22-28(26,27)23-12-5-2-6-13-23/h1,3-4,7-11,14-15,22,25H,2,5-6,12-13H2,(H,21,24). The van der Waals surface area contributed by atoms with Crippen molar-refractivity contribution in [2.24, 2.45) is 0 Å². The Morgan fingerprint density at radius 3 is 2.32 bits per heavy atom. The van der Waals surface area contributed by atoms with Gasteiger partial charge in [-0.25, -0.2) is 5.48 Å². The molecule has 0 unspecified atom stereocenters. The van der Waals surface area contributed by atoms with Crippen LogP contribution >= 0.6 is 0 Å². The molecule has 3 rings (SSSR count). The van der Waals surface area contributed by atoms with Crippen LogP contribution in [0, 0.1) is 0 Å². The average Bonchev–Trinajstić information content (AvgIpc) is 2.73. The Morgan fingerprint density at radius 1 is 0.964 bits per heavy atom. The number of nitrogens with one attached hydrogen (secondary N) is 2. The molecule has 0 aliphatic carbocycles. The van der Waals surface area contributed by atoms with Crippen LogP contribution in [0.4, 0.5) is 5.69 Å². The van der Waals surface area contributed by atoms with Crippen LogP contribution in [0.1, 0.15) is 30.4 Å². The van der Waals surface area contributed by atoms with Gasteiger partial charge in [0.05, 0.1) is 5.69 Å². The predicted octanol–water partition coefficient (Wildman–Crippen LogP) is 2.77. The van der Waals surface area contributed by atoms with E-state index in [-0.39, 0.29) is 0 Å². The Kier molecular flexibility index (Phi) is 6.45.